The zero-order valence-corrected chi connectivity index (χ0v) is 13.4. The number of benzene rings is 1. The highest BCUT2D eigenvalue weighted by Crippen LogP contribution is 2.26. The lowest BCUT2D eigenvalue weighted by Gasteiger charge is -2.21. The van der Waals surface area contributed by atoms with E-state index in [2.05, 4.69) is 25.9 Å². The molecular weight excluding hydrogens is 334 g/mol. The summed E-state index contributed by atoms with van der Waals surface area (Å²) in [7, 11) is 3.85. The van der Waals surface area contributed by atoms with Crippen molar-refractivity contribution < 1.29 is 9.90 Å². The molecule has 1 aromatic heterocycles. The average molecular weight is 350 g/mol. The molecule has 21 heavy (non-hydrogen) atoms. The fourth-order valence-electron chi connectivity index (χ4n) is 2.08. The largest absolute Gasteiger partial charge is 0.478 e. The molecule has 5 nitrogen and oxygen atoms in total. The van der Waals surface area contributed by atoms with Crippen LogP contribution in [-0.2, 0) is 18.4 Å². The SMILES string of the molecule is CN(Cc1cnn(C)c1)c1ccc(Br)cc1/C=C/C(=O)O. The van der Waals surface area contributed by atoms with Crippen LogP contribution in [0.3, 0.4) is 0 Å². The molecule has 2 rings (SSSR count). The third kappa shape index (κ3) is 4.19. The molecule has 1 aromatic carbocycles. The van der Waals surface area contributed by atoms with Crippen molar-refractivity contribution in [3.8, 4) is 0 Å². The summed E-state index contributed by atoms with van der Waals surface area (Å²) in [5, 5.41) is 12.9. The van der Waals surface area contributed by atoms with Crippen LogP contribution in [0, 0.1) is 0 Å². The summed E-state index contributed by atoms with van der Waals surface area (Å²) in [6, 6.07) is 5.80. The lowest BCUT2D eigenvalue weighted by Crippen LogP contribution is -2.17. The molecule has 0 aliphatic heterocycles. The molecule has 0 aliphatic carbocycles. The summed E-state index contributed by atoms with van der Waals surface area (Å²) >= 11 is 3.41. The number of nitrogens with zero attached hydrogens (tertiary/aromatic N) is 3. The number of carbonyl (C=O) groups is 1. The summed E-state index contributed by atoms with van der Waals surface area (Å²) in [4.78, 5) is 12.8. The highest BCUT2D eigenvalue weighted by atomic mass is 79.9. The number of aromatic nitrogens is 2. The van der Waals surface area contributed by atoms with Gasteiger partial charge in [0.2, 0.25) is 0 Å². The Kier molecular flexibility index (Phi) is 4.80. The molecule has 0 atom stereocenters. The Labute approximate surface area is 131 Å². The minimum Gasteiger partial charge on any atom is -0.478 e. The quantitative estimate of drug-likeness (QED) is 0.843. The fraction of sp³-hybridized carbons (Fsp3) is 0.200. The van der Waals surface area contributed by atoms with Gasteiger partial charge in [0.05, 0.1) is 6.20 Å². The lowest BCUT2D eigenvalue weighted by atomic mass is 10.1. The molecule has 0 aliphatic rings. The van der Waals surface area contributed by atoms with Crippen LogP contribution in [0.5, 0.6) is 0 Å². The Morgan fingerprint density at radius 2 is 2.29 bits per heavy atom. The van der Waals surface area contributed by atoms with E-state index >= 15 is 0 Å². The second-order valence-corrected chi connectivity index (χ2v) is 5.67. The van der Waals surface area contributed by atoms with Crippen molar-refractivity contribution >= 4 is 33.7 Å². The number of anilines is 1. The third-order valence-electron chi connectivity index (χ3n) is 2.98. The maximum Gasteiger partial charge on any atom is 0.328 e. The number of halogens is 1. The van der Waals surface area contributed by atoms with E-state index in [0.29, 0.717) is 6.54 Å². The molecule has 0 spiro atoms. The van der Waals surface area contributed by atoms with Gasteiger partial charge >= 0.3 is 5.97 Å². The zero-order chi connectivity index (χ0) is 15.4. The van der Waals surface area contributed by atoms with Crippen LogP contribution < -0.4 is 4.90 Å². The van der Waals surface area contributed by atoms with Crippen LogP contribution in [0.15, 0.2) is 41.1 Å². The fourth-order valence-corrected chi connectivity index (χ4v) is 2.46. The van der Waals surface area contributed by atoms with Gasteiger partial charge in [-0.1, -0.05) is 15.9 Å². The monoisotopic (exact) mass is 349 g/mol. The van der Waals surface area contributed by atoms with Crippen molar-refractivity contribution in [1.29, 1.82) is 0 Å². The summed E-state index contributed by atoms with van der Waals surface area (Å²) in [5.41, 5.74) is 2.90. The van der Waals surface area contributed by atoms with Crippen molar-refractivity contribution in [3.63, 3.8) is 0 Å². The van der Waals surface area contributed by atoms with Crippen LogP contribution in [0.4, 0.5) is 5.69 Å². The molecule has 110 valence electrons. The van der Waals surface area contributed by atoms with E-state index in [0.717, 1.165) is 27.4 Å². The van der Waals surface area contributed by atoms with Crippen LogP contribution in [0.1, 0.15) is 11.1 Å². The van der Waals surface area contributed by atoms with Crippen LogP contribution in [-0.4, -0.2) is 27.9 Å². The Morgan fingerprint density at radius 3 is 2.90 bits per heavy atom. The summed E-state index contributed by atoms with van der Waals surface area (Å²) in [6.45, 7) is 0.698. The molecule has 0 unspecified atom stereocenters. The van der Waals surface area contributed by atoms with Gasteiger partial charge in [0.25, 0.3) is 0 Å². The number of aliphatic carboxylic acids is 1. The van der Waals surface area contributed by atoms with E-state index in [-0.39, 0.29) is 0 Å². The molecule has 6 heteroatoms. The molecular formula is C15H16BrN3O2. The smallest absolute Gasteiger partial charge is 0.328 e. The first-order chi connectivity index (χ1) is 9.95. The predicted octanol–water partition coefficient (Wildman–Crippen LogP) is 2.92. The minimum absolute atomic E-state index is 0.698. The van der Waals surface area contributed by atoms with Gasteiger partial charge in [-0.2, -0.15) is 5.10 Å². The molecule has 0 saturated heterocycles. The van der Waals surface area contributed by atoms with Crippen molar-refractivity contribution in [1.82, 2.24) is 9.78 Å². The normalized spacial score (nSPS) is 11.0. The zero-order valence-electron chi connectivity index (χ0n) is 11.8. The number of hydrogen-bond acceptors (Lipinski definition) is 3. The lowest BCUT2D eigenvalue weighted by molar-refractivity contribution is -0.131. The average Bonchev–Trinajstić information content (AvgIpc) is 2.81. The third-order valence-corrected chi connectivity index (χ3v) is 3.48. The van der Waals surface area contributed by atoms with Crippen LogP contribution >= 0.6 is 15.9 Å². The molecule has 1 N–H and O–H groups in total. The van der Waals surface area contributed by atoms with Gasteiger partial charge in [0.15, 0.2) is 0 Å². The topological polar surface area (TPSA) is 58.4 Å². The highest BCUT2D eigenvalue weighted by molar-refractivity contribution is 9.10. The standard InChI is InChI=1S/C15H16BrN3O2/c1-18(9-11-8-17-19(2)10-11)14-5-4-13(16)7-12(14)3-6-15(20)21/h3-8,10H,9H2,1-2H3,(H,20,21)/b6-3+. The molecule has 0 fully saturated rings. The van der Waals surface area contributed by atoms with E-state index in [1.165, 1.54) is 0 Å². The van der Waals surface area contributed by atoms with E-state index in [4.69, 9.17) is 5.11 Å². The number of carboxylic acids is 1. The summed E-state index contributed by atoms with van der Waals surface area (Å²) < 4.78 is 2.67. The minimum atomic E-state index is -0.962. The van der Waals surface area contributed by atoms with Crippen molar-refractivity contribution in [3.05, 3.63) is 52.3 Å². The summed E-state index contributed by atoms with van der Waals surface area (Å²) in [6.07, 6.45) is 6.52. The van der Waals surface area contributed by atoms with Crippen LogP contribution in [0.2, 0.25) is 0 Å². The Balaban J connectivity index is 2.27. The number of rotatable bonds is 5. The van der Waals surface area contributed by atoms with E-state index in [9.17, 15) is 4.79 Å². The van der Waals surface area contributed by atoms with Gasteiger partial charge in [-0.25, -0.2) is 4.79 Å². The van der Waals surface area contributed by atoms with Crippen LogP contribution in [0.25, 0.3) is 6.08 Å². The first kappa shape index (κ1) is 15.3. The van der Waals surface area contributed by atoms with Gasteiger partial charge in [0, 0.05) is 48.6 Å². The molecule has 0 amide bonds. The maximum absolute atomic E-state index is 10.7. The Hall–Kier alpha value is -2.08. The van der Waals surface area contributed by atoms with E-state index in [1.54, 1.807) is 10.8 Å². The summed E-state index contributed by atoms with van der Waals surface area (Å²) in [5.74, 6) is -0.962. The first-order valence-corrected chi connectivity index (χ1v) is 7.14. The highest BCUT2D eigenvalue weighted by Gasteiger charge is 2.08. The van der Waals surface area contributed by atoms with Gasteiger partial charge in [-0.05, 0) is 29.8 Å². The van der Waals surface area contributed by atoms with Gasteiger partial charge in [0.1, 0.15) is 0 Å². The second-order valence-electron chi connectivity index (χ2n) is 4.75. The molecule has 0 saturated carbocycles. The second kappa shape index (κ2) is 6.58. The molecule has 0 bridgehead atoms. The first-order valence-electron chi connectivity index (χ1n) is 6.35. The number of hydrogen-bond donors (Lipinski definition) is 1. The molecule has 2 aromatic rings. The number of aryl methyl sites for hydroxylation is 1. The van der Waals surface area contributed by atoms with E-state index in [1.807, 2.05) is 44.7 Å². The van der Waals surface area contributed by atoms with Crippen molar-refractivity contribution in [2.75, 3.05) is 11.9 Å². The molecule has 1 heterocycles. The maximum atomic E-state index is 10.7. The van der Waals surface area contributed by atoms with E-state index < -0.39 is 5.97 Å². The Morgan fingerprint density at radius 1 is 1.52 bits per heavy atom. The van der Waals surface area contributed by atoms with Gasteiger partial charge in [-0.3, -0.25) is 4.68 Å². The molecule has 0 radical (unpaired) electrons. The Bertz CT molecular complexity index is 679. The van der Waals surface area contributed by atoms with Crippen molar-refractivity contribution in [2.45, 2.75) is 6.54 Å². The van der Waals surface area contributed by atoms with Gasteiger partial charge in [-0.15, -0.1) is 0 Å². The van der Waals surface area contributed by atoms with Crippen molar-refractivity contribution in [2.24, 2.45) is 7.05 Å². The van der Waals surface area contributed by atoms with Gasteiger partial charge < -0.3 is 10.0 Å². The number of carboxylic acid groups (broad SMARTS) is 1. The predicted molar refractivity (Wildman–Crippen MR) is 86.1 cm³/mol.